The highest BCUT2D eigenvalue weighted by Gasteiger charge is 2.30. The largest absolute Gasteiger partial charge is 0.324 e. The predicted molar refractivity (Wildman–Crippen MR) is 114 cm³/mol. The van der Waals surface area contributed by atoms with Crippen molar-refractivity contribution in [3.8, 4) is 0 Å². The van der Waals surface area contributed by atoms with E-state index < -0.39 is 23.2 Å². The molecule has 0 saturated carbocycles. The Bertz CT molecular complexity index is 978. The molecule has 2 N–H and O–H groups in total. The van der Waals surface area contributed by atoms with E-state index in [9.17, 15) is 23.2 Å². The maximum absolute atomic E-state index is 13.8. The quantitative estimate of drug-likeness (QED) is 0.738. The summed E-state index contributed by atoms with van der Waals surface area (Å²) in [6.07, 6.45) is 0.138. The number of benzene rings is 2. The monoisotopic (exact) mass is 430 g/mol. The standard InChI is InChI=1S/C22H24F2N4O3/c1-3-27(12-20(30)26-22-15(23)7-6-8-16(22)24)13-21(31)28-14(2)11-19(29)25-17-9-4-5-10-18(17)28/h4-10,14H,3,11-13H2,1-2H3,(H,25,29)(H,26,30)/t14-/m1/s1. The topological polar surface area (TPSA) is 81.8 Å². The van der Waals surface area contributed by atoms with Crippen LogP contribution in [0.25, 0.3) is 0 Å². The normalized spacial score (nSPS) is 15.8. The Morgan fingerprint density at radius 3 is 2.48 bits per heavy atom. The molecule has 3 rings (SSSR count). The van der Waals surface area contributed by atoms with E-state index in [1.54, 1.807) is 47.9 Å². The smallest absolute Gasteiger partial charge is 0.241 e. The fourth-order valence-corrected chi connectivity index (χ4v) is 3.51. The van der Waals surface area contributed by atoms with E-state index in [1.807, 2.05) is 0 Å². The van der Waals surface area contributed by atoms with Crippen LogP contribution in [0.5, 0.6) is 0 Å². The molecular weight excluding hydrogens is 406 g/mol. The van der Waals surface area contributed by atoms with Crippen molar-refractivity contribution in [1.29, 1.82) is 0 Å². The van der Waals surface area contributed by atoms with E-state index >= 15 is 0 Å². The van der Waals surface area contributed by atoms with Crippen LogP contribution >= 0.6 is 0 Å². The second-order valence-electron chi connectivity index (χ2n) is 7.33. The van der Waals surface area contributed by atoms with Crippen LogP contribution < -0.4 is 15.5 Å². The number of hydrogen-bond donors (Lipinski definition) is 2. The van der Waals surface area contributed by atoms with Gasteiger partial charge < -0.3 is 15.5 Å². The Hall–Kier alpha value is -3.33. The first kappa shape index (κ1) is 22.4. The number of hydrogen-bond acceptors (Lipinski definition) is 4. The number of carbonyl (C=O) groups excluding carboxylic acids is 3. The highest BCUT2D eigenvalue weighted by Crippen LogP contribution is 2.31. The Morgan fingerprint density at radius 1 is 1.13 bits per heavy atom. The minimum atomic E-state index is -0.875. The van der Waals surface area contributed by atoms with Crippen LogP contribution in [0.3, 0.4) is 0 Å². The van der Waals surface area contributed by atoms with Crippen LogP contribution in [-0.2, 0) is 14.4 Å². The molecule has 0 fully saturated rings. The number of halogens is 2. The summed E-state index contributed by atoms with van der Waals surface area (Å²) < 4.78 is 27.5. The third kappa shape index (κ3) is 5.24. The van der Waals surface area contributed by atoms with Crippen molar-refractivity contribution in [1.82, 2.24) is 4.90 Å². The fraction of sp³-hybridized carbons (Fsp3) is 0.318. The summed E-state index contributed by atoms with van der Waals surface area (Å²) in [5, 5.41) is 5.02. The summed E-state index contributed by atoms with van der Waals surface area (Å²) >= 11 is 0. The van der Waals surface area contributed by atoms with Gasteiger partial charge in [-0.2, -0.15) is 0 Å². The SMILES string of the molecule is CCN(CC(=O)Nc1c(F)cccc1F)CC(=O)N1c2ccccc2NC(=O)C[C@H]1C. The summed E-state index contributed by atoms with van der Waals surface area (Å²) in [6.45, 7) is 3.59. The zero-order valence-corrected chi connectivity index (χ0v) is 17.3. The minimum absolute atomic E-state index is 0.101. The van der Waals surface area contributed by atoms with E-state index in [1.165, 1.54) is 6.07 Å². The van der Waals surface area contributed by atoms with Crippen molar-refractivity contribution in [2.24, 2.45) is 0 Å². The number of nitrogens with one attached hydrogen (secondary N) is 2. The number of carbonyl (C=O) groups is 3. The van der Waals surface area contributed by atoms with Crippen molar-refractivity contribution in [2.75, 3.05) is 35.2 Å². The molecule has 1 aliphatic heterocycles. The Morgan fingerprint density at radius 2 is 1.81 bits per heavy atom. The van der Waals surface area contributed by atoms with E-state index in [-0.39, 0.29) is 37.4 Å². The molecule has 0 aliphatic carbocycles. The molecule has 3 amide bonds. The molecule has 1 atom stereocenters. The molecule has 9 heteroatoms. The molecule has 0 aromatic heterocycles. The first-order chi connectivity index (χ1) is 14.8. The van der Waals surface area contributed by atoms with Crippen LogP contribution in [0, 0.1) is 11.6 Å². The molecule has 0 unspecified atom stereocenters. The predicted octanol–water partition coefficient (Wildman–Crippen LogP) is 2.99. The van der Waals surface area contributed by atoms with Crippen molar-refractivity contribution in [3.63, 3.8) is 0 Å². The van der Waals surface area contributed by atoms with Crippen molar-refractivity contribution in [2.45, 2.75) is 26.3 Å². The number of rotatable bonds is 6. The average Bonchev–Trinajstić information content (AvgIpc) is 2.84. The summed E-state index contributed by atoms with van der Waals surface area (Å²) in [6, 6.07) is 9.94. The fourth-order valence-electron chi connectivity index (χ4n) is 3.51. The highest BCUT2D eigenvalue weighted by atomic mass is 19.1. The van der Waals surface area contributed by atoms with Gasteiger partial charge in [0.1, 0.15) is 17.3 Å². The van der Waals surface area contributed by atoms with Gasteiger partial charge in [-0.15, -0.1) is 0 Å². The van der Waals surface area contributed by atoms with E-state index in [0.717, 1.165) is 12.1 Å². The maximum Gasteiger partial charge on any atom is 0.241 e. The molecule has 7 nitrogen and oxygen atoms in total. The zero-order chi connectivity index (χ0) is 22.5. The van der Waals surface area contributed by atoms with Crippen molar-refractivity contribution >= 4 is 34.8 Å². The van der Waals surface area contributed by atoms with Crippen molar-refractivity contribution < 1.29 is 23.2 Å². The van der Waals surface area contributed by atoms with Crippen LogP contribution in [0.1, 0.15) is 20.3 Å². The average molecular weight is 430 g/mol. The van der Waals surface area contributed by atoms with Gasteiger partial charge in [-0.05, 0) is 37.7 Å². The van der Waals surface area contributed by atoms with Gasteiger partial charge in [0.15, 0.2) is 0 Å². The molecule has 1 heterocycles. The van der Waals surface area contributed by atoms with Crippen LogP contribution in [0.15, 0.2) is 42.5 Å². The first-order valence-corrected chi connectivity index (χ1v) is 9.97. The highest BCUT2D eigenvalue weighted by molar-refractivity contribution is 6.05. The van der Waals surface area contributed by atoms with Gasteiger partial charge in [0.05, 0.1) is 24.5 Å². The molecule has 0 spiro atoms. The van der Waals surface area contributed by atoms with Gasteiger partial charge in [0.2, 0.25) is 17.7 Å². The Labute approximate surface area is 179 Å². The molecule has 0 bridgehead atoms. The lowest BCUT2D eigenvalue weighted by atomic mass is 10.1. The molecule has 31 heavy (non-hydrogen) atoms. The number of fused-ring (bicyclic) bond motifs is 1. The molecule has 1 aliphatic rings. The van der Waals surface area contributed by atoms with E-state index in [4.69, 9.17) is 0 Å². The molecule has 2 aromatic rings. The lowest BCUT2D eigenvalue weighted by molar-refractivity contribution is -0.121. The number of nitrogens with zero attached hydrogens (tertiary/aromatic N) is 2. The van der Waals surface area contributed by atoms with E-state index in [2.05, 4.69) is 10.6 Å². The molecule has 164 valence electrons. The van der Waals surface area contributed by atoms with Gasteiger partial charge in [0, 0.05) is 12.5 Å². The third-order valence-corrected chi connectivity index (χ3v) is 5.03. The van der Waals surface area contributed by atoms with Gasteiger partial charge in [0.25, 0.3) is 0 Å². The Kier molecular flexibility index (Phi) is 6.96. The second kappa shape index (κ2) is 9.65. The summed E-state index contributed by atoms with van der Waals surface area (Å²) in [7, 11) is 0. The summed E-state index contributed by atoms with van der Waals surface area (Å²) in [4.78, 5) is 40.7. The van der Waals surface area contributed by atoms with Crippen LogP contribution in [0.4, 0.5) is 25.8 Å². The molecule has 2 aromatic carbocycles. The number of amides is 3. The third-order valence-electron chi connectivity index (χ3n) is 5.03. The Balaban J connectivity index is 1.72. The van der Waals surface area contributed by atoms with Gasteiger partial charge in [-0.1, -0.05) is 25.1 Å². The summed E-state index contributed by atoms with van der Waals surface area (Å²) in [5.41, 5.74) is 0.607. The molecule has 0 saturated heterocycles. The van der Waals surface area contributed by atoms with E-state index in [0.29, 0.717) is 17.9 Å². The van der Waals surface area contributed by atoms with Crippen molar-refractivity contribution in [3.05, 3.63) is 54.1 Å². The van der Waals surface area contributed by atoms with Crippen LogP contribution in [0.2, 0.25) is 0 Å². The number of para-hydroxylation sites is 3. The van der Waals surface area contributed by atoms with Gasteiger partial charge in [-0.3, -0.25) is 19.3 Å². The first-order valence-electron chi connectivity index (χ1n) is 9.97. The maximum atomic E-state index is 13.8. The number of anilines is 3. The molecular formula is C22H24F2N4O3. The van der Waals surface area contributed by atoms with Crippen LogP contribution in [-0.4, -0.2) is 48.3 Å². The number of likely N-dealkylation sites (N-methyl/N-ethyl adjacent to an activating group) is 1. The zero-order valence-electron chi connectivity index (χ0n) is 17.3. The minimum Gasteiger partial charge on any atom is -0.324 e. The second-order valence-corrected chi connectivity index (χ2v) is 7.33. The lowest BCUT2D eigenvalue weighted by Gasteiger charge is -2.30. The van der Waals surface area contributed by atoms with Gasteiger partial charge >= 0.3 is 0 Å². The van der Waals surface area contributed by atoms with Gasteiger partial charge in [-0.25, -0.2) is 8.78 Å². The molecule has 0 radical (unpaired) electrons. The lowest BCUT2D eigenvalue weighted by Crippen LogP contribution is -2.46. The summed E-state index contributed by atoms with van der Waals surface area (Å²) in [5.74, 6) is -2.86.